The molecule has 1 fully saturated rings. The van der Waals surface area contributed by atoms with Crippen molar-refractivity contribution < 1.29 is 14.3 Å². The molecular weight excluding hydrogens is 192 g/mol. The maximum Gasteiger partial charge on any atom is 0.316 e. The van der Waals surface area contributed by atoms with Gasteiger partial charge >= 0.3 is 5.97 Å². The lowest BCUT2D eigenvalue weighted by Crippen LogP contribution is -2.31. The summed E-state index contributed by atoms with van der Waals surface area (Å²) in [5.41, 5.74) is 0. The molecule has 0 aromatic carbocycles. The third-order valence-electron chi connectivity index (χ3n) is 3.24. The van der Waals surface area contributed by atoms with E-state index in [1.807, 2.05) is 6.92 Å². The number of rotatable bonds is 4. The summed E-state index contributed by atoms with van der Waals surface area (Å²) >= 11 is 0. The molecule has 0 radical (unpaired) electrons. The van der Waals surface area contributed by atoms with Gasteiger partial charge in [0.2, 0.25) is 0 Å². The number of methoxy groups -OCH3 is 1. The molecule has 0 N–H and O–H groups in total. The van der Waals surface area contributed by atoms with Crippen LogP contribution < -0.4 is 0 Å². The Balaban J connectivity index is 2.58. The highest BCUT2D eigenvalue weighted by molar-refractivity contribution is 6.00. The standard InChI is InChI=1S/C12H20O3/c1-3-10(12(14)15-2)11(13)9-7-5-4-6-8-9/h9-10H,3-8H2,1-2H3. The molecule has 0 saturated heterocycles. The maximum absolute atomic E-state index is 12.0. The molecule has 3 nitrogen and oxygen atoms in total. The van der Waals surface area contributed by atoms with Gasteiger partial charge < -0.3 is 4.74 Å². The van der Waals surface area contributed by atoms with Crippen LogP contribution in [0.3, 0.4) is 0 Å². The van der Waals surface area contributed by atoms with Gasteiger partial charge in [-0.1, -0.05) is 26.2 Å². The van der Waals surface area contributed by atoms with Crippen molar-refractivity contribution in [3.63, 3.8) is 0 Å². The van der Waals surface area contributed by atoms with Crippen LogP contribution in [-0.2, 0) is 14.3 Å². The zero-order valence-corrected chi connectivity index (χ0v) is 9.62. The van der Waals surface area contributed by atoms with Gasteiger partial charge in [0.15, 0.2) is 0 Å². The summed E-state index contributed by atoms with van der Waals surface area (Å²) in [5, 5.41) is 0. The summed E-state index contributed by atoms with van der Waals surface area (Å²) in [4.78, 5) is 23.4. The van der Waals surface area contributed by atoms with Crippen LogP contribution in [0.1, 0.15) is 45.4 Å². The quantitative estimate of drug-likeness (QED) is 0.530. The summed E-state index contributed by atoms with van der Waals surface area (Å²) in [6.07, 6.45) is 5.92. The van der Waals surface area contributed by atoms with E-state index in [-0.39, 0.29) is 17.7 Å². The highest BCUT2D eigenvalue weighted by Crippen LogP contribution is 2.27. The SMILES string of the molecule is CCC(C(=O)OC)C(=O)C1CCCCC1. The molecule has 86 valence electrons. The second-order valence-corrected chi connectivity index (χ2v) is 4.22. The average Bonchev–Trinajstić information content (AvgIpc) is 2.30. The molecule has 0 aromatic rings. The van der Waals surface area contributed by atoms with E-state index in [0.717, 1.165) is 25.7 Å². The number of hydrogen-bond acceptors (Lipinski definition) is 3. The summed E-state index contributed by atoms with van der Waals surface area (Å²) in [7, 11) is 1.35. The number of carbonyl (C=O) groups is 2. The average molecular weight is 212 g/mol. The van der Waals surface area contributed by atoms with E-state index in [4.69, 9.17) is 0 Å². The first-order valence-corrected chi connectivity index (χ1v) is 5.82. The first kappa shape index (κ1) is 12.2. The number of carbonyl (C=O) groups excluding carboxylic acids is 2. The Kier molecular flexibility index (Phi) is 4.79. The van der Waals surface area contributed by atoms with Gasteiger partial charge in [-0.15, -0.1) is 0 Å². The molecule has 0 spiro atoms. The normalized spacial score (nSPS) is 19.6. The minimum Gasteiger partial charge on any atom is -0.468 e. The molecule has 1 aliphatic carbocycles. The molecule has 1 unspecified atom stereocenters. The number of Topliss-reactive ketones (excluding diaryl/α,β-unsaturated/α-hetero) is 1. The summed E-state index contributed by atoms with van der Waals surface area (Å²) in [6, 6.07) is 0. The Morgan fingerprint density at radius 1 is 1.27 bits per heavy atom. The van der Waals surface area contributed by atoms with Crippen molar-refractivity contribution in [2.45, 2.75) is 45.4 Å². The Hall–Kier alpha value is -0.860. The first-order valence-electron chi connectivity index (χ1n) is 5.82. The van der Waals surface area contributed by atoms with Crippen LogP contribution in [-0.4, -0.2) is 18.9 Å². The maximum atomic E-state index is 12.0. The fraction of sp³-hybridized carbons (Fsp3) is 0.833. The van der Waals surface area contributed by atoms with Crippen LogP contribution in [0.15, 0.2) is 0 Å². The molecule has 0 heterocycles. The summed E-state index contributed by atoms with van der Waals surface area (Å²) in [5.74, 6) is -0.696. The summed E-state index contributed by atoms with van der Waals surface area (Å²) < 4.78 is 4.66. The highest BCUT2D eigenvalue weighted by Gasteiger charge is 2.32. The topological polar surface area (TPSA) is 43.4 Å². The van der Waals surface area contributed by atoms with Gasteiger partial charge in [0, 0.05) is 5.92 Å². The molecule has 1 saturated carbocycles. The molecular formula is C12H20O3. The van der Waals surface area contributed by atoms with Crippen LogP contribution in [0.25, 0.3) is 0 Å². The van der Waals surface area contributed by atoms with Gasteiger partial charge in [-0.2, -0.15) is 0 Å². The van der Waals surface area contributed by atoms with Crippen molar-refractivity contribution in [1.29, 1.82) is 0 Å². The van der Waals surface area contributed by atoms with Crippen molar-refractivity contribution >= 4 is 11.8 Å². The summed E-state index contributed by atoms with van der Waals surface area (Å²) in [6.45, 7) is 1.86. The van der Waals surface area contributed by atoms with Crippen molar-refractivity contribution in [3.05, 3.63) is 0 Å². The van der Waals surface area contributed by atoms with E-state index in [0.29, 0.717) is 6.42 Å². The first-order chi connectivity index (χ1) is 7.20. The van der Waals surface area contributed by atoms with E-state index in [9.17, 15) is 9.59 Å². The molecule has 0 bridgehead atoms. The van der Waals surface area contributed by atoms with E-state index in [2.05, 4.69) is 4.74 Å². The second kappa shape index (κ2) is 5.89. The van der Waals surface area contributed by atoms with E-state index in [1.165, 1.54) is 13.5 Å². The van der Waals surface area contributed by atoms with Gasteiger partial charge in [0.25, 0.3) is 0 Å². The molecule has 1 atom stereocenters. The smallest absolute Gasteiger partial charge is 0.316 e. The molecule has 0 aliphatic heterocycles. The predicted octanol–water partition coefficient (Wildman–Crippen LogP) is 2.33. The van der Waals surface area contributed by atoms with Crippen LogP contribution >= 0.6 is 0 Å². The number of hydrogen-bond donors (Lipinski definition) is 0. The van der Waals surface area contributed by atoms with Crippen LogP contribution in [0, 0.1) is 11.8 Å². The third-order valence-corrected chi connectivity index (χ3v) is 3.24. The molecule has 3 heteroatoms. The minimum atomic E-state index is -0.530. The lowest BCUT2D eigenvalue weighted by molar-refractivity contribution is -0.151. The van der Waals surface area contributed by atoms with E-state index < -0.39 is 5.92 Å². The van der Waals surface area contributed by atoms with E-state index >= 15 is 0 Å². The monoisotopic (exact) mass is 212 g/mol. The lowest BCUT2D eigenvalue weighted by Gasteiger charge is -2.23. The predicted molar refractivity (Wildman–Crippen MR) is 57.4 cm³/mol. The zero-order chi connectivity index (χ0) is 11.3. The van der Waals surface area contributed by atoms with Crippen LogP contribution in [0.5, 0.6) is 0 Å². The minimum absolute atomic E-state index is 0.0998. The molecule has 15 heavy (non-hydrogen) atoms. The van der Waals surface area contributed by atoms with Gasteiger partial charge in [-0.25, -0.2) is 0 Å². The molecule has 0 amide bonds. The van der Waals surface area contributed by atoms with Crippen molar-refractivity contribution in [2.75, 3.05) is 7.11 Å². The highest BCUT2D eigenvalue weighted by atomic mass is 16.5. The number of ketones is 1. The van der Waals surface area contributed by atoms with Crippen LogP contribution in [0.4, 0.5) is 0 Å². The third kappa shape index (κ3) is 3.05. The van der Waals surface area contributed by atoms with Crippen molar-refractivity contribution in [1.82, 2.24) is 0 Å². The Morgan fingerprint density at radius 3 is 2.33 bits per heavy atom. The Morgan fingerprint density at radius 2 is 1.87 bits per heavy atom. The molecule has 1 rings (SSSR count). The fourth-order valence-corrected chi connectivity index (χ4v) is 2.30. The lowest BCUT2D eigenvalue weighted by atomic mass is 9.81. The zero-order valence-electron chi connectivity index (χ0n) is 9.62. The molecule has 1 aliphatic rings. The fourth-order valence-electron chi connectivity index (χ4n) is 2.30. The van der Waals surface area contributed by atoms with Gasteiger partial charge in [-0.3, -0.25) is 9.59 Å². The van der Waals surface area contributed by atoms with Gasteiger partial charge in [-0.05, 0) is 19.3 Å². The number of esters is 1. The number of ether oxygens (including phenoxy) is 1. The van der Waals surface area contributed by atoms with Crippen molar-refractivity contribution in [3.8, 4) is 0 Å². The second-order valence-electron chi connectivity index (χ2n) is 4.22. The van der Waals surface area contributed by atoms with Crippen molar-refractivity contribution in [2.24, 2.45) is 11.8 Å². The van der Waals surface area contributed by atoms with Gasteiger partial charge in [0.05, 0.1) is 7.11 Å². The molecule has 0 aromatic heterocycles. The Labute approximate surface area is 91.2 Å². The Bertz CT molecular complexity index is 229. The van der Waals surface area contributed by atoms with E-state index in [1.54, 1.807) is 0 Å². The largest absolute Gasteiger partial charge is 0.468 e. The van der Waals surface area contributed by atoms with Gasteiger partial charge in [0.1, 0.15) is 11.7 Å². The van der Waals surface area contributed by atoms with Crippen LogP contribution in [0.2, 0.25) is 0 Å².